The van der Waals surface area contributed by atoms with Crippen LogP contribution in [0.2, 0.25) is 0 Å². The standard InChI is InChI=1S/C45H80O2/c1-7-8-9-10-11-12-13-14-15-16-17-18-19-20-21-25-43(46)47-38-30-32-44(5)37(34-38)26-27-39-41-29-28-40(36(4)24-22-23-35(2)3)45(41,6)33-31-42(39)44/h14-15,35-42H,7-13,16-34H2,1-6H3/b15-14+/t36?,37-,38-,39-,40+,41-,42-,44-,45+/m0/s1. The van der Waals surface area contributed by atoms with Gasteiger partial charge < -0.3 is 4.74 Å². The average molecular weight is 653 g/mol. The fourth-order valence-electron chi connectivity index (χ4n) is 11.9. The topological polar surface area (TPSA) is 26.3 Å². The van der Waals surface area contributed by atoms with Gasteiger partial charge >= 0.3 is 5.97 Å². The summed E-state index contributed by atoms with van der Waals surface area (Å²) >= 11 is 0. The molecule has 4 aliphatic carbocycles. The van der Waals surface area contributed by atoms with Gasteiger partial charge in [-0.3, -0.25) is 4.79 Å². The number of unbranched alkanes of at least 4 members (excludes halogenated alkanes) is 11. The molecule has 0 amide bonds. The summed E-state index contributed by atoms with van der Waals surface area (Å²) in [6.07, 6.45) is 38.9. The molecule has 4 rings (SSSR count). The van der Waals surface area contributed by atoms with Gasteiger partial charge in [-0.15, -0.1) is 0 Å². The molecule has 0 aromatic carbocycles. The number of allylic oxidation sites excluding steroid dienone is 2. The van der Waals surface area contributed by atoms with Crippen molar-refractivity contribution in [3.63, 3.8) is 0 Å². The van der Waals surface area contributed by atoms with Crippen molar-refractivity contribution in [3.8, 4) is 0 Å². The zero-order chi connectivity index (χ0) is 33.7. The summed E-state index contributed by atoms with van der Waals surface area (Å²) in [5, 5.41) is 0. The van der Waals surface area contributed by atoms with E-state index in [0.717, 1.165) is 60.7 Å². The molecule has 0 N–H and O–H groups in total. The molecule has 4 saturated carbocycles. The van der Waals surface area contributed by atoms with E-state index in [4.69, 9.17) is 4.74 Å². The zero-order valence-electron chi connectivity index (χ0n) is 32.5. The summed E-state index contributed by atoms with van der Waals surface area (Å²) < 4.78 is 6.17. The lowest BCUT2D eigenvalue weighted by Crippen LogP contribution is -2.54. The number of esters is 1. The lowest BCUT2D eigenvalue weighted by molar-refractivity contribution is -0.162. The number of hydrogen-bond acceptors (Lipinski definition) is 2. The van der Waals surface area contributed by atoms with Crippen LogP contribution in [0.1, 0.15) is 208 Å². The van der Waals surface area contributed by atoms with E-state index in [9.17, 15) is 4.79 Å². The second-order valence-electron chi connectivity index (χ2n) is 18.4. The van der Waals surface area contributed by atoms with Gasteiger partial charge in [0, 0.05) is 6.42 Å². The van der Waals surface area contributed by atoms with Gasteiger partial charge in [-0.25, -0.2) is 0 Å². The number of hydrogen-bond donors (Lipinski definition) is 0. The Hall–Kier alpha value is -0.790. The Kier molecular flexibility index (Phi) is 16.2. The molecule has 0 heterocycles. The van der Waals surface area contributed by atoms with E-state index < -0.39 is 0 Å². The second kappa shape index (κ2) is 19.6. The van der Waals surface area contributed by atoms with Gasteiger partial charge in [-0.05, 0) is 142 Å². The molecule has 0 aliphatic heterocycles. The lowest BCUT2D eigenvalue weighted by Gasteiger charge is -2.61. The van der Waals surface area contributed by atoms with Gasteiger partial charge in [0.2, 0.25) is 0 Å². The lowest BCUT2D eigenvalue weighted by atomic mass is 9.44. The number of ether oxygens (including phenoxy) is 1. The number of carbonyl (C=O) groups excluding carboxylic acids is 1. The minimum absolute atomic E-state index is 0.0814. The van der Waals surface area contributed by atoms with Crippen molar-refractivity contribution in [2.75, 3.05) is 0 Å². The quantitative estimate of drug-likeness (QED) is 0.0700. The van der Waals surface area contributed by atoms with Crippen LogP contribution < -0.4 is 0 Å². The molecule has 0 radical (unpaired) electrons. The molecule has 0 saturated heterocycles. The van der Waals surface area contributed by atoms with Crippen molar-refractivity contribution in [3.05, 3.63) is 12.2 Å². The minimum Gasteiger partial charge on any atom is -0.462 e. The van der Waals surface area contributed by atoms with Gasteiger partial charge in [0.1, 0.15) is 6.10 Å². The van der Waals surface area contributed by atoms with E-state index in [2.05, 4.69) is 53.7 Å². The SMILES string of the molecule is CCCCCCCC/C=C/CCCCCCCC(=O)O[C@H]1CC[C@@]2(C)[C@@H](CC[C@@H]3[C@@H]2CC[C@]2(C)[C@@H](C(C)CCCC(C)C)CC[C@@H]32)C1. The molecule has 1 unspecified atom stereocenters. The van der Waals surface area contributed by atoms with E-state index in [1.165, 1.54) is 141 Å². The first kappa shape index (κ1) is 39.0. The highest BCUT2D eigenvalue weighted by molar-refractivity contribution is 5.69. The van der Waals surface area contributed by atoms with Gasteiger partial charge in [0.25, 0.3) is 0 Å². The summed E-state index contributed by atoms with van der Waals surface area (Å²) in [7, 11) is 0. The van der Waals surface area contributed by atoms with Gasteiger partial charge in [0.15, 0.2) is 0 Å². The van der Waals surface area contributed by atoms with Crippen LogP contribution in [0.25, 0.3) is 0 Å². The average Bonchev–Trinajstić information content (AvgIpc) is 3.40. The van der Waals surface area contributed by atoms with Crippen molar-refractivity contribution in [1.29, 1.82) is 0 Å². The molecular formula is C45H80O2. The van der Waals surface area contributed by atoms with Gasteiger partial charge in [-0.1, -0.05) is 124 Å². The van der Waals surface area contributed by atoms with E-state index in [-0.39, 0.29) is 12.1 Å². The maximum absolute atomic E-state index is 12.8. The predicted molar refractivity (Wildman–Crippen MR) is 202 cm³/mol. The number of carbonyl (C=O) groups is 1. The fourth-order valence-corrected chi connectivity index (χ4v) is 11.9. The molecule has 4 fully saturated rings. The Balaban J connectivity index is 1.10. The third-order valence-electron chi connectivity index (χ3n) is 14.8. The first-order chi connectivity index (χ1) is 22.7. The molecule has 47 heavy (non-hydrogen) atoms. The van der Waals surface area contributed by atoms with Crippen molar-refractivity contribution in [2.24, 2.45) is 52.3 Å². The molecule has 9 atom stereocenters. The molecule has 4 aliphatic rings. The molecule has 0 aromatic heterocycles. The van der Waals surface area contributed by atoms with Crippen LogP contribution in [0.3, 0.4) is 0 Å². The number of fused-ring (bicyclic) bond motifs is 5. The molecule has 0 aromatic rings. The molecule has 0 spiro atoms. The van der Waals surface area contributed by atoms with E-state index >= 15 is 0 Å². The van der Waals surface area contributed by atoms with Gasteiger partial charge in [-0.2, -0.15) is 0 Å². The first-order valence-electron chi connectivity index (χ1n) is 21.5. The van der Waals surface area contributed by atoms with Crippen LogP contribution in [0, 0.1) is 52.3 Å². The number of rotatable bonds is 21. The highest BCUT2D eigenvalue weighted by Gasteiger charge is 2.60. The Bertz CT molecular complexity index is 921. The van der Waals surface area contributed by atoms with E-state index in [1.54, 1.807) is 0 Å². The van der Waals surface area contributed by atoms with Gasteiger partial charge in [0.05, 0.1) is 0 Å². The largest absolute Gasteiger partial charge is 0.462 e. The normalized spacial score (nSPS) is 34.3. The van der Waals surface area contributed by atoms with Crippen LogP contribution in [-0.2, 0) is 9.53 Å². The van der Waals surface area contributed by atoms with Crippen molar-refractivity contribution < 1.29 is 9.53 Å². The Morgan fingerprint density at radius 1 is 0.702 bits per heavy atom. The van der Waals surface area contributed by atoms with Crippen LogP contribution in [-0.4, -0.2) is 12.1 Å². The van der Waals surface area contributed by atoms with Crippen LogP contribution in [0.4, 0.5) is 0 Å². The summed E-state index contributed by atoms with van der Waals surface area (Å²) in [5.74, 6) is 6.33. The van der Waals surface area contributed by atoms with Crippen LogP contribution >= 0.6 is 0 Å². The fraction of sp³-hybridized carbons (Fsp3) is 0.933. The van der Waals surface area contributed by atoms with E-state index in [1.807, 2.05) is 0 Å². The zero-order valence-corrected chi connectivity index (χ0v) is 32.5. The third-order valence-corrected chi connectivity index (χ3v) is 14.8. The summed E-state index contributed by atoms with van der Waals surface area (Å²) in [6.45, 7) is 15.0. The third kappa shape index (κ3) is 10.8. The predicted octanol–water partition coefficient (Wildman–Crippen LogP) is 14.1. The molecular weight excluding hydrogens is 572 g/mol. The maximum atomic E-state index is 12.8. The smallest absolute Gasteiger partial charge is 0.306 e. The monoisotopic (exact) mass is 653 g/mol. The highest BCUT2D eigenvalue weighted by atomic mass is 16.5. The van der Waals surface area contributed by atoms with Crippen LogP contribution in [0.15, 0.2) is 12.2 Å². The highest BCUT2D eigenvalue weighted by Crippen LogP contribution is 2.68. The second-order valence-corrected chi connectivity index (χ2v) is 18.4. The van der Waals surface area contributed by atoms with E-state index in [0.29, 0.717) is 17.3 Å². The van der Waals surface area contributed by atoms with Crippen molar-refractivity contribution in [1.82, 2.24) is 0 Å². The molecule has 2 heteroatoms. The maximum Gasteiger partial charge on any atom is 0.306 e. The Labute approximate surface area is 293 Å². The molecule has 0 bridgehead atoms. The van der Waals surface area contributed by atoms with Crippen LogP contribution in [0.5, 0.6) is 0 Å². The van der Waals surface area contributed by atoms with Crippen molar-refractivity contribution >= 4 is 5.97 Å². The van der Waals surface area contributed by atoms with Crippen molar-refractivity contribution in [2.45, 2.75) is 215 Å². The Morgan fingerprint density at radius 2 is 1.34 bits per heavy atom. The molecule has 2 nitrogen and oxygen atoms in total. The summed E-state index contributed by atoms with van der Waals surface area (Å²) in [6, 6.07) is 0. The summed E-state index contributed by atoms with van der Waals surface area (Å²) in [5.41, 5.74) is 1.05. The minimum atomic E-state index is 0.0814. The summed E-state index contributed by atoms with van der Waals surface area (Å²) in [4.78, 5) is 12.8. The Morgan fingerprint density at radius 3 is 2.04 bits per heavy atom. The first-order valence-corrected chi connectivity index (χ1v) is 21.5. The molecule has 272 valence electrons.